The molecule has 3 N–H and O–H groups in total. The Morgan fingerprint density at radius 2 is 1.88 bits per heavy atom. The molecule has 0 aliphatic rings. The maximum atomic E-state index is 10.5. The number of amides is 1. The molecule has 1 atom stereocenters. The number of rotatable bonds is 5. The Hall–Kier alpha value is -1.39. The molecule has 0 spiro atoms. The van der Waals surface area contributed by atoms with Crippen molar-refractivity contribution >= 4 is 5.91 Å². The summed E-state index contributed by atoms with van der Waals surface area (Å²) in [7, 11) is 0. The highest BCUT2D eigenvalue weighted by Crippen LogP contribution is 2.21. The van der Waals surface area contributed by atoms with Gasteiger partial charge in [0.25, 0.3) is 0 Å². The fourth-order valence-electron chi connectivity index (χ4n) is 1.75. The zero-order valence-corrected chi connectivity index (χ0v) is 10.8. The molecule has 1 aromatic rings. The van der Waals surface area contributed by atoms with E-state index in [1.54, 1.807) is 0 Å². The van der Waals surface area contributed by atoms with Gasteiger partial charge in [0.1, 0.15) is 6.61 Å². The van der Waals surface area contributed by atoms with Crippen LogP contribution in [-0.4, -0.2) is 12.5 Å². The van der Waals surface area contributed by atoms with Crippen molar-refractivity contribution in [2.24, 2.45) is 5.73 Å². The number of nitrogens with two attached hydrogens (primary N) is 1. The predicted octanol–water partition coefficient (Wildman–Crippen LogP) is 1.68. The Morgan fingerprint density at radius 3 is 2.47 bits per heavy atom. The number of nitrogens with one attached hydrogen (secondary N) is 1. The molecule has 0 aliphatic carbocycles. The first-order valence-corrected chi connectivity index (χ1v) is 5.65. The van der Waals surface area contributed by atoms with Gasteiger partial charge < -0.3 is 5.73 Å². The van der Waals surface area contributed by atoms with E-state index in [-0.39, 0.29) is 12.6 Å². The maximum absolute atomic E-state index is 10.5. The fraction of sp³-hybridized carbons (Fsp3) is 0.462. The Labute approximate surface area is 102 Å². The number of hydrogen-bond acceptors (Lipinski definition) is 3. The van der Waals surface area contributed by atoms with E-state index in [0.29, 0.717) is 0 Å². The number of hydroxylamine groups is 1. The summed E-state index contributed by atoms with van der Waals surface area (Å²) in [6.45, 7) is 8.10. The van der Waals surface area contributed by atoms with Gasteiger partial charge in [0.15, 0.2) is 0 Å². The maximum Gasteiger partial charge on any atom is 0.245 e. The molecule has 0 saturated heterocycles. The first-order chi connectivity index (χ1) is 7.91. The summed E-state index contributed by atoms with van der Waals surface area (Å²) < 4.78 is 0. The van der Waals surface area contributed by atoms with Crippen LogP contribution >= 0.6 is 0 Å². The molecule has 4 nitrogen and oxygen atoms in total. The molecule has 1 unspecified atom stereocenters. The molecular weight excluding hydrogens is 216 g/mol. The lowest BCUT2D eigenvalue weighted by atomic mass is 9.97. The van der Waals surface area contributed by atoms with Gasteiger partial charge in [-0.05, 0) is 49.9 Å². The van der Waals surface area contributed by atoms with Crippen LogP contribution in [0.4, 0.5) is 0 Å². The normalized spacial score (nSPS) is 12.5. The summed E-state index contributed by atoms with van der Waals surface area (Å²) in [6, 6.07) is 4.31. The van der Waals surface area contributed by atoms with Crippen molar-refractivity contribution in [1.82, 2.24) is 5.48 Å². The lowest BCUT2D eigenvalue weighted by Gasteiger charge is -2.17. The molecule has 0 aliphatic heterocycles. The van der Waals surface area contributed by atoms with E-state index in [0.717, 1.165) is 5.56 Å². The molecule has 94 valence electrons. The number of carbonyl (C=O) groups is 1. The second-order valence-electron chi connectivity index (χ2n) is 4.39. The molecule has 0 saturated carbocycles. The van der Waals surface area contributed by atoms with Gasteiger partial charge in [0, 0.05) is 0 Å². The first kappa shape index (κ1) is 13.7. The average Bonchev–Trinajstić information content (AvgIpc) is 2.22. The molecule has 0 fully saturated rings. The lowest BCUT2D eigenvalue weighted by Crippen LogP contribution is -2.27. The molecule has 17 heavy (non-hydrogen) atoms. The second-order valence-corrected chi connectivity index (χ2v) is 4.39. The van der Waals surface area contributed by atoms with Crippen molar-refractivity contribution in [1.29, 1.82) is 0 Å². The van der Waals surface area contributed by atoms with Crippen LogP contribution in [0, 0.1) is 20.8 Å². The Kier molecular flexibility index (Phi) is 4.66. The molecule has 1 rings (SSSR count). The molecule has 0 bridgehead atoms. The predicted molar refractivity (Wildman–Crippen MR) is 67.4 cm³/mol. The highest BCUT2D eigenvalue weighted by molar-refractivity contribution is 5.74. The smallest absolute Gasteiger partial charge is 0.245 e. The second kappa shape index (κ2) is 5.80. The standard InChI is InChI=1S/C13H20N2O2/c1-8-5-10(3)12(6-9(8)2)11(4)15-17-7-13(14)16/h5-6,11,15H,7H2,1-4H3,(H2,14,16). The molecule has 0 radical (unpaired) electrons. The van der Waals surface area contributed by atoms with Crippen LogP contribution in [0.25, 0.3) is 0 Å². The zero-order valence-electron chi connectivity index (χ0n) is 10.8. The van der Waals surface area contributed by atoms with Crippen LogP contribution in [0.2, 0.25) is 0 Å². The van der Waals surface area contributed by atoms with Crippen molar-refractivity contribution in [3.63, 3.8) is 0 Å². The molecule has 1 aromatic carbocycles. The van der Waals surface area contributed by atoms with Crippen LogP contribution < -0.4 is 11.2 Å². The van der Waals surface area contributed by atoms with Gasteiger partial charge in [-0.1, -0.05) is 12.1 Å². The summed E-state index contributed by atoms with van der Waals surface area (Å²) in [5.74, 6) is -0.485. The number of benzene rings is 1. The molecule has 1 amide bonds. The van der Waals surface area contributed by atoms with Crippen LogP contribution in [0.3, 0.4) is 0 Å². The summed E-state index contributed by atoms with van der Waals surface area (Å²) in [5.41, 5.74) is 12.7. The highest BCUT2D eigenvalue weighted by Gasteiger charge is 2.10. The highest BCUT2D eigenvalue weighted by atomic mass is 16.6. The van der Waals surface area contributed by atoms with Gasteiger partial charge in [-0.3, -0.25) is 9.63 Å². The quantitative estimate of drug-likeness (QED) is 0.764. The Morgan fingerprint density at radius 1 is 1.29 bits per heavy atom. The van der Waals surface area contributed by atoms with Gasteiger partial charge in [-0.2, -0.15) is 5.48 Å². The number of primary amides is 1. The minimum atomic E-state index is -0.485. The molecule has 4 heteroatoms. The Balaban J connectivity index is 2.71. The SMILES string of the molecule is Cc1cc(C)c(C(C)NOCC(N)=O)cc1C. The first-order valence-electron chi connectivity index (χ1n) is 5.65. The molecular formula is C13H20N2O2. The minimum Gasteiger partial charge on any atom is -0.368 e. The fourth-order valence-corrected chi connectivity index (χ4v) is 1.75. The average molecular weight is 236 g/mol. The van der Waals surface area contributed by atoms with Gasteiger partial charge in [0.2, 0.25) is 5.91 Å². The summed E-state index contributed by atoms with van der Waals surface area (Å²) >= 11 is 0. The van der Waals surface area contributed by atoms with Crippen LogP contribution in [0.5, 0.6) is 0 Å². The monoisotopic (exact) mass is 236 g/mol. The van der Waals surface area contributed by atoms with E-state index < -0.39 is 5.91 Å². The van der Waals surface area contributed by atoms with Crippen molar-refractivity contribution in [3.8, 4) is 0 Å². The van der Waals surface area contributed by atoms with Crippen molar-refractivity contribution in [2.45, 2.75) is 33.7 Å². The lowest BCUT2D eigenvalue weighted by molar-refractivity contribution is -0.126. The van der Waals surface area contributed by atoms with Crippen molar-refractivity contribution in [2.75, 3.05) is 6.61 Å². The third kappa shape index (κ3) is 3.84. The molecule has 0 heterocycles. The van der Waals surface area contributed by atoms with E-state index in [9.17, 15) is 4.79 Å². The van der Waals surface area contributed by atoms with E-state index >= 15 is 0 Å². The van der Waals surface area contributed by atoms with E-state index in [4.69, 9.17) is 10.6 Å². The van der Waals surface area contributed by atoms with Crippen molar-refractivity contribution in [3.05, 3.63) is 34.4 Å². The third-order valence-corrected chi connectivity index (χ3v) is 2.82. The van der Waals surface area contributed by atoms with Crippen LogP contribution in [0.15, 0.2) is 12.1 Å². The van der Waals surface area contributed by atoms with Gasteiger partial charge >= 0.3 is 0 Å². The van der Waals surface area contributed by atoms with Gasteiger partial charge in [0.05, 0.1) is 6.04 Å². The third-order valence-electron chi connectivity index (χ3n) is 2.82. The molecule has 0 aromatic heterocycles. The topological polar surface area (TPSA) is 64.3 Å². The van der Waals surface area contributed by atoms with Crippen LogP contribution in [0.1, 0.15) is 35.2 Å². The zero-order chi connectivity index (χ0) is 13.0. The largest absolute Gasteiger partial charge is 0.368 e. The summed E-state index contributed by atoms with van der Waals surface area (Å²) in [4.78, 5) is 15.6. The van der Waals surface area contributed by atoms with Gasteiger partial charge in [-0.25, -0.2) is 0 Å². The van der Waals surface area contributed by atoms with E-state index in [1.807, 2.05) is 6.92 Å². The van der Waals surface area contributed by atoms with E-state index in [2.05, 4.69) is 38.4 Å². The van der Waals surface area contributed by atoms with Crippen molar-refractivity contribution < 1.29 is 9.63 Å². The summed E-state index contributed by atoms with van der Waals surface area (Å²) in [5, 5.41) is 0. The van der Waals surface area contributed by atoms with Crippen LogP contribution in [-0.2, 0) is 9.63 Å². The summed E-state index contributed by atoms with van der Waals surface area (Å²) in [6.07, 6.45) is 0. The minimum absolute atomic E-state index is 0.0219. The number of carbonyl (C=O) groups excluding carboxylic acids is 1. The number of aryl methyl sites for hydroxylation is 3. The van der Waals surface area contributed by atoms with Gasteiger partial charge in [-0.15, -0.1) is 0 Å². The Bertz CT molecular complexity index is 416. The van der Waals surface area contributed by atoms with E-state index in [1.165, 1.54) is 16.7 Å². The number of hydrogen-bond donors (Lipinski definition) is 2.